The predicted octanol–water partition coefficient (Wildman–Crippen LogP) is 2.91. The van der Waals surface area contributed by atoms with Crippen LogP contribution < -0.4 is 5.32 Å². The zero-order valence-electron chi connectivity index (χ0n) is 12.1. The molecule has 0 aliphatic rings. The first-order valence-corrected chi connectivity index (χ1v) is 7.86. The Bertz CT molecular complexity index is 395. The van der Waals surface area contributed by atoms with Crippen molar-refractivity contribution in [3.63, 3.8) is 0 Å². The first-order chi connectivity index (χ1) is 9.61. The molecular formula is C15H23NO3S. The van der Waals surface area contributed by atoms with E-state index in [0.717, 1.165) is 23.4 Å². The number of unbranched alkanes of at least 4 members (excludes halogenated alkanes) is 1. The number of benzene rings is 1. The summed E-state index contributed by atoms with van der Waals surface area (Å²) in [5, 5.41) is 12.5. The van der Waals surface area contributed by atoms with E-state index in [4.69, 9.17) is 4.74 Å². The number of carbonyl (C=O) groups is 1. The smallest absolute Gasteiger partial charge is 0.221 e. The van der Waals surface area contributed by atoms with Gasteiger partial charge in [0.1, 0.15) is 0 Å². The van der Waals surface area contributed by atoms with Crippen LogP contribution in [0.5, 0.6) is 0 Å². The lowest BCUT2D eigenvalue weighted by Crippen LogP contribution is -2.18. The van der Waals surface area contributed by atoms with Crippen LogP contribution in [-0.4, -0.2) is 36.1 Å². The minimum Gasteiger partial charge on any atom is -0.390 e. The molecule has 0 aliphatic heterocycles. The van der Waals surface area contributed by atoms with Gasteiger partial charge in [-0.15, -0.1) is 11.8 Å². The number of hydrogen-bond donors (Lipinski definition) is 2. The Morgan fingerprint density at radius 1 is 1.40 bits per heavy atom. The summed E-state index contributed by atoms with van der Waals surface area (Å²) >= 11 is 1.58. The van der Waals surface area contributed by atoms with Crippen LogP contribution in [0.15, 0.2) is 29.2 Å². The first-order valence-electron chi connectivity index (χ1n) is 6.88. The largest absolute Gasteiger partial charge is 0.390 e. The van der Waals surface area contributed by atoms with E-state index in [0.29, 0.717) is 19.0 Å². The molecule has 1 aromatic rings. The molecule has 1 aromatic carbocycles. The minimum atomic E-state index is -0.452. The topological polar surface area (TPSA) is 58.6 Å². The van der Waals surface area contributed by atoms with E-state index in [1.54, 1.807) is 11.8 Å². The van der Waals surface area contributed by atoms with Crippen LogP contribution in [0.3, 0.4) is 0 Å². The molecule has 0 saturated heterocycles. The molecule has 1 amide bonds. The number of anilines is 1. The van der Waals surface area contributed by atoms with Gasteiger partial charge in [-0.3, -0.25) is 4.79 Å². The number of amides is 1. The van der Waals surface area contributed by atoms with E-state index in [2.05, 4.69) is 12.2 Å². The fourth-order valence-corrected chi connectivity index (χ4v) is 2.35. The third kappa shape index (κ3) is 7.53. The maximum absolute atomic E-state index is 10.9. The molecule has 20 heavy (non-hydrogen) atoms. The number of aliphatic hydroxyl groups is 1. The van der Waals surface area contributed by atoms with Gasteiger partial charge in [0, 0.05) is 29.9 Å². The number of ether oxygens (including phenoxy) is 1. The second kappa shape index (κ2) is 9.80. The summed E-state index contributed by atoms with van der Waals surface area (Å²) in [7, 11) is 0. The van der Waals surface area contributed by atoms with Crippen LogP contribution in [0.4, 0.5) is 5.69 Å². The molecule has 2 N–H and O–H groups in total. The van der Waals surface area contributed by atoms with Gasteiger partial charge in [0.2, 0.25) is 5.91 Å². The van der Waals surface area contributed by atoms with Crippen molar-refractivity contribution in [3.05, 3.63) is 24.3 Å². The summed E-state index contributed by atoms with van der Waals surface area (Å²) in [4.78, 5) is 12.0. The molecular weight excluding hydrogens is 274 g/mol. The minimum absolute atomic E-state index is 0.0787. The van der Waals surface area contributed by atoms with E-state index in [1.165, 1.54) is 6.92 Å². The lowest BCUT2D eigenvalue weighted by molar-refractivity contribution is -0.114. The Morgan fingerprint density at radius 2 is 2.10 bits per heavy atom. The van der Waals surface area contributed by atoms with Crippen LogP contribution >= 0.6 is 11.8 Å². The second-order valence-corrected chi connectivity index (χ2v) is 5.69. The number of carbonyl (C=O) groups excluding carboxylic acids is 1. The number of thioether (sulfide) groups is 1. The highest BCUT2D eigenvalue weighted by atomic mass is 32.2. The molecule has 1 rings (SSSR count). The highest BCUT2D eigenvalue weighted by Gasteiger charge is 2.05. The Labute approximate surface area is 124 Å². The molecule has 0 aromatic heterocycles. The highest BCUT2D eigenvalue weighted by molar-refractivity contribution is 7.99. The van der Waals surface area contributed by atoms with Crippen LogP contribution in [-0.2, 0) is 9.53 Å². The third-order valence-corrected chi connectivity index (χ3v) is 3.73. The molecule has 0 radical (unpaired) electrons. The van der Waals surface area contributed by atoms with Crippen molar-refractivity contribution in [1.29, 1.82) is 0 Å². The van der Waals surface area contributed by atoms with Crippen LogP contribution in [0.2, 0.25) is 0 Å². The zero-order valence-corrected chi connectivity index (χ0v) is 12.9. The summed E-state index contributed by atoms with van der Waals surface area (Å²) in [6.07, 6.45) is 1.68. The number of rotatable bonds is 9. The monoisotopic (exact) mass is 297 g/mol. The number of nitrogens with one attached hydrogen (secondary N) is 1. The van der Waals surface area contributed by atoms with Crippen molar-refractivity contribution in [2.24, 2.45) is 0 Å². The molecule has 4 nitrogen and oxygen atoms in total. The van der Waals surface area contributed by atoms with E-state index in [1.807, 2.05) is 24.3 Å². The summed E-state index contributed by atoms with van der Waals surface area (Å²) in [6, 6.07) is 7.57. The van der Waals surface area contributed by atoms with E-state index in [9.17, 15) is 9.90 Å². The van der Waals surface area contributed by atoms with Crippen LogP contribution in [0.1, 0.15) is 26.7 Å². The van der Waals surface area contributed by atoms with Crippen molar-refractivity contribution in [1.82, 2.24) is 0 Å². The third-order valence-electron chi connectivity index (χ3n) is 2.57. The van der Waals surface area contributed by atoms with Gasteiger partial charge in [0.05, 0.1) is 12.7 Å². The van der Waals surface area contributed by atoms with Crippen LogP contribution in [0.25, 0.3) is 0 Å². The van der Waals surface area contributed by atoms with Crippen LogP contribution in [0, 0.1) is 0 Å². The standard InChI is InChI=1S/C15H23NO3S/c1-3-4-9-19-10-14(18)11-20-15-7-5-13(6-8-15)16-12(2)17/h5-8,14,18H,3-4,9-11H2,1-2H3,(H,16,17). The van der Waals surface area contributed by atoms with E-state index >= 15 is 0 Å². The quantitative estimate of drug-likeness (QED) is 0.543. The molecule has 0 bridgehead atoms. The Hall–Kier alpha value is -1.04. The summed E-state index contributed by atoms with van der Waals surface area (Å²) in [5.41, 5.74) is 0.783. The average Bonchev–Trinajstić information content (AvgIpc) is 2.42. The molecule has 0 heterocycles. The Balaban J connectivity index is 2.25. The molecule has 0 spiro atoms. The Kier molecular flexibility index (Phi) is 8.34. The lowest BCUT2D eigenvalue weighted by Gasteiger charge is -2.11. The number of aliphatic hydroxyl groups excluding tert-OH is 1. The van der Waals surface area contributed by atoms with Crippen molar-refractivity contribution < 1.29 is 14.6 Å². The normalized spacial score (nSPS) is 12.2. The van der Waals surface area contributed by atoms with Crippen molar-refractivity contribution in [3.8, 4) is 0 Å². The maximum Gasteiger partial charge on any atom is 0.221 e. The average molecular weight is 297 g/mol. The molecule has 0 aliphatic carbocycles. The van der Waals surface area contributed by atoms with Gasteiger partial charge >= 0.3 is 0 Å². The fourth-order valence-electron chi connectivity index (χ4n) is 1.54. The molecule has 0 fully saturated rings. The van der Waals surface area contributed by atoms with E-state index < -0.39 is 6.10 Å². The van der Waals surface area contributed by atoms with Crippen molar-refractivity contribution in [2.75, 3.05) is 24.3 Å². The fraction of sp³-hybridized carbons (Fsp3) is 0.533. The molecule has 0 saturated carbocycles. The first kappa shape index (κ1) is 17.0. The van der Waals surface area contributed by atoms with Crippen molar-refractivity contribution >= 4 is 23.4 Å². The van der Waals surface area contributed by atoms with E-state index in [-0.39, 0.29) is 5.91 Å². The van der Waals surface area contributed by atoms with Gasteiger partial charge in [0.25, 0.3) is 0 Å². The SMILES string of the molecule is CCCCOCC(O)CSc1ccc(NC(C)=O)cc1. The zero-order chi connectivity index (χ0) is 14.8. The summed E-state index contributed by atoms with van der Waals surface area (Å²) in [5.74, 6) is 0.524. The highest BCUT2D eigenvalue weighted by Crippen LogP contribution is 2.21. The van der Waals surface area contributed by atoms with Gasteiger partial charge in [-0.05, 0) is 30.7 Å². The molecule has 1 atom stereocenters. The summed E-state index contributed by atoms with van der Waals surface area (Å²) in [6.45, 7) is 4.69. The van der Waals surface area contributed by atoms with Gasteiger partial charge in [0.15, 0.2) is 0 Å². The van der Waals surface area contributed by atoms with Gasteiger partial charge in [-0.1, -0.05) is 13.3 Å². The van der Waals surface area contributed by atoms with Gasteiger partial charge in [-0.25, -0.2) is 0 Å². The second-order valence-electron chi connectivity index (χ2n) is 4.60. The van der Waals surface area contributed by atoms with Crippen molar-refractivity contribution in [2.45, 2.75) is 37.7 Å². The predicted molar refractivity (Wildman–Crippen MR) is 83.2 cm³/mol. The summed E-state index contributed by atoms with van der Waals surface area (Å²) < 4.78 is 5.38. The maximum atomic E-state index is 10.9. The molecule has 5 heteroatoms. The number of hydrogen-bond acceptors (Lipinski definition) is 4. The Morgan fingerprint density at radius 3 is 2.70 bits per heavy atom. The van der Waals surface area contributed by atoms with Gasteiger partial charge in [-0.2, -0.15) is 0 Å². The molecule has 1 unspecified atom stereocenters. The molecule has 112 valence electrons. The van der Waals surface area contributed by atoms with Gasteiger partial charge < -0.3 is 15.2 Å². The lowest BCUT2D eigenvalue weighted by atomic mass is 10.3.